The van der Waals surface area contributed by atoms with Crippen LogP contribution in [0.3, 0.4) is 0 Å². The monoisotopic (exact) mass is 867 g/mol. The van der Waals surface area contributed by atoms with Gasteiger partial charge < -0.3 is 18.9 Å². The third kappa shape index (κ3) is 48.8. The van der Waals surface area contributed by atoms with E-state index in [1.165, 1.54) is 89.9 Å². The molecule has 334 valence electrons. The number of quaternary nitrogens is 1. The number of allylic oxidation sites excluding steroid dienone is 8. The van der Waals surface area contributed by atoms with Crippen molar-refractivity contribution in [3.63, 3.8) is 0 Å². The topological polar surface area (TPSA) is 108 Å². The maximum Gasteiger partial charge on any atom is 0.472 e. The molecule has 1 unspecified atom stereocenters. The van der Waals surface area contributed by atoms with Crippen molar-refractivity contribution in [1.82, 2.24) is 0 Å². The molecule has 9 nitrogen and oxygen atoms in total. The van der Waals surface area contributed by atoms with Crippen molar-refractivity contribution in [2.75, 3.05) is 52.8 Å². The molecule has 57 heavy (non-hydrogen) atoms. The summed E-state index contributed by atoms with van der Waals surface area (Å²) in [5, 5.41) is 0.194. The van der Waals surface area contributed by atoms with Gasteiger partial charge in [0.15, 0.2) is 6.10 Å². The number of esters is 2. The SMILES string of the molecule is CCCCC/C=C\C/C=C\C/C=C\C/C=C\CCCC(=O)O[C@H](COC(=O)CCCCCCCCCCCCCCC)COP(=O)(O)OCC[N+](C)(C)C.ClCCl. The molecule has 0 rings (SSSR count). The maximum atomic E-state index is 12.6. The van der Waals surface area contributed by atoms with Crippen LogP contribution in [-0.4, -0.2) is 80.3 Å². The van der Waals surface area contributed by atoms with E-state index >= 15 is 0 Å². The summed E-state index contributed by atoms with van der Waals surface area (Å²) in [5.74, 6) is -0.864. The third-order valence-electron chi connectivity index (χ3n) is 8.86. The number of halogens is 2. The van der Waals surface area contributed by atoms with Gasteiger partial charge in [0.1, 0.15) is 19.8 Å². The van der Waals surface area contributed by atoms with Gasteiger partial charge in [-0.3, -0.25) is 18.6 Å². The molecule has 0 fully saturated rings. The lowest BCUT2D eigenvalue weighted by molar-refractivity contribution is -0.870. The Hall–Kier alpha value is -1.45. The minimum atomic E-state index is -4.39. The number of hydrogen-bond acceptors (Lipinski definition) is 7. The van der Waals surface area contributed by atoms with E-state index in [0.717, 1.165) is 38.5 Å². The number of nitrogens with zero attached hydrogens (tertiary/aromatic N) is 1. The highest BCUT2D eigenvalue weighted by Crippen LogP contribution is 2.43. The molecule has 0 aliphatic rings. The van der Waals surface area contributed by atoms with E-state index in [0.29, 0.717) is 23.9 Å². The van der Waals surface area contributed by atoms with E-state index in [-0.39, 0.29) is 37.4 Å². The van der Waals surface area contributed by atoms with Crippen molar-refractivity contribution in [3.05, 3.63) is 48.6 Å². The summed E-state index contributed by atoms with van der Waals surface area (Å²) in [7, 11) is 1.44. The van der Waals surface area contributed by atoms with Crippen molar-refractivity contribution in [1.29, 1.82) is 0 Å². The van der Waals surface area contributed by atoms with Gasteiger partial charge in [-0.15, -0.1) is 23.2 Å². The second-order valence-corrected chi connectivity index (χ2v) is 17.7. The van der Waals surface area contributed by atoms with Crippen molar-refractivity contribution in [3.8, 4) is 0 Å². The van der Waals surface area contributed by atoms with E-state index in [1.807, 2.05) is 27.2 Å². The van der Waals surface area contributed by atoms with Crippen LogP contribution in [-0.2, 0) is 32.7 Å². The number of alkyl halides is 2. The fourth-order valence-corrected chi connectivity index (χ4v) is 6.22. The number of ether oxygens (including phenoxy) is 2. The molecule has 0 bridgehead atoms. The van der Waals surface area contributed by atoms with Crippen LogP contribution in [0.5, 0.6) is 0 Å². The number of likely N-dealkylation sites (N-methyl/N-ethyl adjacent to an activating group) is 1. The summed E-state index contributed by atoms with van der Waals surface area (Å²) in [4.78, 5) is 35.3. The van der Waals surface area contributed by atoms with Crippen molar-refractivity contribution < 1.29 is 42.1 Å². The first-order valence-electron chi connectivity index (χ1n) is 21.9. The molecule has 0 aromatic carbocycles. The highest BCUT2D eigenvalue weighted by atomic mass is 35.5. The highest BCUT2D eigenvalue weighted by Gasteiger charge is 2.27. The molecule has 0 radical (unpaired) electrons. The van der Waals surface area contributed by atoms with Gasteiger partial charge in [-0.1, -0.05) is 152 Å². The predicted molar refractivity (Wildman–Crippen MR) is 241 cm³/mol. The Morgan fingerprint density at radius 3 is 1.51 bits per heavy atom. The largest absolute Gasteiger partial charge is 0.472 e. The molecular formula is C45H83Cl2NO8P+. The minimum Gasteiger partial charge on any atom is -0.462 e. The van der Waals surface area contributed by atoms with Crippen LogP contribution in [0.4, 0.5) is 0 Å². The number of carbonyl (C=O) groups excluding carboxylic acids is 2. The summed E-state index contributed by atoms with van der Waals surface area (Å²) >= 11 is 9.53. The molecule has 0 spiro atoms. The molecule has 0 saturated carbocycles. The first kappa shape index (κ1) is 57.6. The Morgan fingerprint density at radius 2 is 1.02 bits per heavy atom. The van der Waals surface area contributed by atoms with Crippen molar-refractivity contribution >= 4 is 43.0 Å². The zero-order chi connectivity index (χ0) is 42.7. The fourth-order valence-electron chi connectivity index (χ4n) is 5.48. The predicted octanol–water partition coefficient (Wildman–Crippen LogP) is 13.3. The van der Waals surface area contributed by atoms with E-state index in [9.17, 15) is 19.0 Å². The normalized spacial score (nSPS) is 13.7. The molecule has 0 heterocycles. The summed E-state index contributed by atoms with van der Waals surface area (Å²) in [6.07, 6.45) is 41.6. The molecule has 1 N–H and O–H groups in total. The fraction of sp³-hybridized carbons (Fsp3) is 0.778. The smallest absolute Gasteiger partial charge is 0.462 e. The first-order valence-corrected chi connectivity index (χ1v) is 24.5. The Kier molecular flexibility index (Phi) is 43.1. The average molecular weight is 868 g/mol. The van der Waals surface area contributed by atoms with Crippen LogP contribution in [0.25, 0.3) is 0 Å². The molecule has 0 amide bonds. The van der Waals surface area contributed by atoms with Crippen molar-refractivity contribution in [2.24, 2.45) is 0 Å². The van der Waals surface area contributed by atoms with Gasteiger partial charge in [0.05, 0.1) is 33.1 Å². The summed E-state index contributed by atoms with van der Waals surface area (Å²) < 4.78 is 34.2. The molecule has 2 atom stereocenters. The molecule has 0 aromatic heterocycles. The lowest BCUT2D eigenvalue weighted by atomic mass is 10.0. The van der Waals surface area contributed by atoms with Crippen LogP contribution >= 0.6 is 31.0 Å². The number of rotatable bonds is 38. The minimum absolute atomic E-state index is 0.0212. The third-order valence-corrected chi connectivity index (χ3v) is 9.85. The molecule has 0 aliphatic carbocycles. The maximum absolute atomic E-state index is 12.6. The average Bonchev–Trinajstić information content (AvgIpc) is 3.15. The van der Waals surface area contributed by atoms with Gasteiger partial charge >= 0.3 is 19.8 Å². The van der Waals surface area contributed by atoms with Gasteiger partial charge in [-0.25, -0.2) is 4.57 Å². The molecule has 0 aromatic rings. The lowest BCUT2D eigenvalue weighted by Crippen LogP contribution is -2.37. The Labute approximate surface area is 359 Å². The van der Waals surface area contributed by atoms with Gasteiger partial charge in [0.2, 0.25) is 0 Å². The number of carbonyl (C=O) groups is 2. The van der Waals surface area contributed by atoms with E-state index < -0.39 is 26.5 Å². The number of unbranched alkanes of at least 4 members (excludes halogenated alkanes) is 16. The van der Waals surface area contributed by atoms with E-state index in [4.69, 9.17) is 41.7 Å². The second-order valence-electron chi connectivity index (χ2n) is 15.5. The standard InChI is InChI=1S/C44H80NO8P.CH2Cl2/c1-6-8-10-12-14-16-18-20-21-22-23-25-27-29-31-33-35-37-44(47)53-42(41-52-54(48,49)51-39-38-45(3,4)5)40-50-43(46)36-34-32-30-28-26-24-19-17-15-13-11-9-7-2;2-1-3/h14,16,20-21,23,25,29,31,42H,6-13,15,17-19,22,24,26-28,30,32-41H2,1-5H3;1H2/p+1/b16-14-,21-20-,25-23-,31-29-;/t42-;/m1./s1. The Bertz CT molecular complexity index is 1090. The molecule has 0 saturated heterocycles. The van der Waals surface area contributed by atoms with Crippen LogP contribution < -0.4 is 0 Å². The van der Waals surface area contributed by atoms with Crippen LogP contribution in [0, 0.1) is 0 Å². The second kappa shape index (κ2) is 42.7. The zero-order valence-corrected chi connectivity index (χ0v) is 39.1. The molecule has 12 heteroatoms. The zero-order valence-electron chi connectivity index (χ0n) is 36.7. The van der Waals surface area contributed by atoms with Gasteiger partial charge in [-0.05, 0) is 51.4 Å². The number of phosphoric acid groups is 1. The lowest BCUT2D eigenvalue weighted by Gasteiger charge is -2.24. The quantitative estimate of drug-likeness (QED) is 0.0163. The van der Waals surface area contributed by atoms with Gasteiger partial charge in [0, 0.05) is 12.8 Å². The summed E-state index contributed by atoms with van der Waals surface area (Å²) in [6, 6.07) is 0. The van der Waals surface area contributed by atoms with Gasteiger partial charge in [-0.2, -0.15) is 0 Å². The number of phosphoric ester groups is 1. The Morgan fingerprint density at radius 1 is 0.596 bits per heavy atom. The van der Waals surface area contributed by atoms with Crippen LogP contribution in [0.1, 0.15) is 168 Å². The Balaban J connectivity index is 0. The summed E-state index contributed by atoms with van der Waals surface area (Å²) in [6.45, 7) is 4.32. The summed E-state index contributed by atoms with van der Waals surface area (Å²) in [5.41, 5.74) is 0. The van der Waals surface area contributed by atoms with Gasteiger partial charge in [0.25, 0.3) is 0 Å². The van der Waals surface area contributed by atoms with Crippen molar-refractivity contribution in [2.45, 2.75) is 174 Å². The van der Waals surface area contributed by atoms with Crippen LogP contribution in [0.2, 0.25) is 0 Å². The van der Waals surface area contributed by atoms with Crippen LogP contribution in [0.15, 0.2) is 48.6 Å². The first-order chi connectivity index (χ1) is 27.4. The molecular weight excluding hydrogens is 784 g/mol. The highest BCUT2D eigenvalue weighted by molar-refractivity contribution is 7.47. The van der Waals surface area contributed by atoms with E-state index in [1.54, 1.807) is 0 Å². The molecule has 0 aliphatic heterocycles. The van der Waals surface area contributed by atoms with E-state index in [2.05, 4.69) is 56.4 Å². The number of hydrogen-bond donors (Lipinski definition) is 1.